The predicted molar refractivity (Wildman–Crippen MR) is 79.2 cm³/mol. The number of amides is 2. The number of urea groups is 1. The molecule has 112 valence electrons. The first kappa shape index (κ1) is 14.1. The Morgan fingerprint density at radius 2 is 2.09 bits per heavy atom. The summed E-state index contributed by atoms with van der Waals surface area (Å²) in [6, 6.07) is 5.02. The molecule has 2 aromatic heterocycles. The minimum atomic E-state index is -0.685. The van der Waals surface area contributed by atoms with E-state index in [2.05, 4.69) is 25.8 Å². The van der Waals surface area contributed by atoms with Crippen molar-refractivity contribution < 1.29 is 13.6 Å². The van der Waals surface area contributed by atoms with E-state index in [9.17, 15) is 9.18 Å². The molecule has 0 unspecified atom stereocenters. The summed E-state index contributed by atoms with van der Waals surface area (Å²) in [5, 5.41) is 14.8. The zero-order valence-electron chi connectivity index (χ0n) is 11.3. The molecule has 0 radical (unpaired) electrons. The fourth-order valence-corrected chi connectivity index (χ4v) is 2.24. The highest BCUT2D eigenvalue weighted by atomic mass is 32.1. The van der Waals surface area contributed by atoms with E-state index in [0.29, 0.717) is 5.69 Å². The van der Waals surface area contributed by atoms with Gasteiger partial charge in [-0.3, -0.25) is 5.32 Å². The van der Waals surface area contributed by atoms with Crippen molar-refractivity contribution in [3.05, 3.63) is 40.5 Å². The first-order valence-corrected chi connectivity index (χ1v) is 7.08. The molecule has 0 bridgehead atoms. The van der Waals surface area contributed by atoms with E-state index in [0.717, 1.165) is 5.01 Å². The van der Waals surface area contributed by atoms with Gasteiger partial charge in [-0.05, 0) is 19.1 Å². The molecule has 0 aliphatic heterocycles. The number of thiazole rings is 1. The Hall–Kier alpha value is -2.81. The lowest BCUT2D eigenvalue weighted by Gasteiger charge is -2.04. The van der Waals surface area contributed by atoms with E-state index in [1.165, 1.54) is 29.5 Å². The fraction of sp³-hybridized carbons (Fsp3) is 0.0769. The number of benzene rings is 1. The third-order valence-corrected chi connectivity index (χ3v) is 3.38. The topological polar surface area (TPSA) is 92.9 Å². The molecule has 0 saturated carbocycles. The summed E-state index contributed by atoms with van der Waals surface area (Å²) in [7, 11) is 0. The van der Waals surface area contributed by atoms with Gasteiger partial charge in [-0.2, -0.15) is 0 Å². The van der Waals surface area contributed by atoms with Crippen LogP contribution in [-0.4, -0.2) is 21.2 Å². The van der Waals surface area contributed by atoms with Crippen molar-refractivity contribution in [2.75, 3.05) is 10.6 Å². The van der Waals surface area contributed by atoms with Gasteiger partial charge in [0.25, 0.3) is 5.89 Å². The van der Waals surface area contributed by atoms with Crippen molar-refractivity contribution >= 4 is 29.1 Å². The van der Waals surface area contributed by atoms with Gasteiger partial charge in [-0.1, -0.05) is 17.2 Å². The maximum Gasteiger partial charge on any atom is 0.327 e. The summed E-state index contributed by atoms with van der Waals surface area (Å²) in [6.07, 6.45) is 0. The minimum absolute atomic E-state index is 0.0508. The van der Waals surface area contributed by atoms with Crippen LogP contribution in [0, 0.1) is 12.7 Å². The first-order chi connectivity index (χ1) is 10.6. The van der Waals surface area contributed by atoms with Crippen LogP contribution in [0.4, 0.5) is 20.9 Å². The normalized spacial score (nSPS) is 10.5. The highest BCUT2D eigenvalue weighted by molar-refractivity contribution is 7.09. The van der Waals surface area contributed by atoms with E-state index < -0.39 is 11.8 Å². The number of aryl methyl sites for hydroxylation is 1. The van der Waals surface area contributed by atoms with Crippen molar-refractivity contribution in [2.45, 2.75) is 6.92 Å². The molecular weight excluding hydrogens is 309 g/mol. The number of hydrogen-bond donors (Lipinski definition) is 2. The smallest absolute Gasteiger partial charge is 0.327 e. The number of hydrogen-bond acceptors (Lipinski definition) is 6. The number of carbonyl (C=O) groups excluding carboxylic acids is 1. The van der Waals surface area contributed by atoms with Crippen LogP contribution in [0.3, 0.4) is 0 Å². The van der Waals surface area contributed by atoms with Crippen LogP contribution in [0.2, 0.25) is 0 Å². The van der Waals surface area contributed by atoms with Gasteiger partial charge < -0.3 is 9.73 Å². The van der Waals surface area contributed by atoms with E-state index >= 15 is 0 Å². The van der Waals surface area contributed by atoms with Crippen molar-refractivity contribution in [1.82, 2.24) is 15.2 Å². The Morgan fingerprint density at radius 3 is 2.82 bits per heavy atom. The molecule has 3 rings (SSSR count). The van der Waals surface area contributed by atoms with E-state index in [-0.39, 0.29) is 17.6 Å². The highest BCUT2D eigenvalue weighted by Gasteiger charge is 2.14. The Morgan fingerprint density at radius 1 is 1.27 bits per heavy atom. The average Bonchev–Trinajstić information content (AvgIpc) is 3.10. The largest absolute Gasteiger partial charge is 0.401 e. The monoisotopic (exact) mass is 319 g/mol. The molecule has 3 aromatic rings. The molecule has 0 saturated heterocycles. The fourth-order valence-electron chi connectivity index (χ4n) is 1.65. The van der Waals surface area contributed by atoms with Gasteiger partial charge in [0.15, 0.2) is 0 Å². The number of rotatable bonds is 3. The summed E-state index contributed by atoms with van der Waals surface area (Å²) in [5.41, 5.74) is 0.590. The molecule has 2 amide bonds. The average molecular weight is 319 g/mol. The van der Waals surface area contributed by atoms with E-state index in [4.69, 9.17) is 4.42 Å². The van der Waals surface area contributed by atoms with Crippen LogP contribution in [0.1, 0.15) is 5.01 Å². The molecule has 0 spiro atoms. The van der Waals surface area contributed by atoms with Gasteiger partial charge in [0, 0.05) is 5.38 Å². The van der Waals surface area contributed by atoms with Gasteiger partial charge in [0.2, 0.25) is 0 Å². The van der Waals surface area contributed by atoms with Crippen LogP contribution in [0.15, 0.2) is 34.1 Å². The quantitative estimate of drug-likeness (QED) is 0.772. The second-order valence-corrected chi connectivity index (χ2v) is 5.29. The summed E-state index contributed by atoms with van der Waals surface area (Å²) in [6.45, 7) is 1.85. The molecule has 22 heavy (non-hydrogen) atoms. The Bertz CT molecular complexity index is 816. The Balaban J connectivity index is 1.67. The molecule has 1 aromatic carbocycles. The minimum Gasteiger partial charge on any atom is -0.401 e. The van der Waals surface area contributed by atoms with Crippen LogP contribution in [0.5, 0.6) is 0 Å². The van der Waals surface area contributed by atoms with Crippen molar-refractivity contribution in [3.63, 3.8) is 0 Å². The van der Waals surface area contributed by atoms with Crippen LogP contribution >= 0.6 is 11.3 Å². The van der Waals surface area contributed by atoms with Crippen LogP contribution < -0.4 is 10.6 Å². The van der Waals surface area contributed by atoms with Gasteiger partial charge in [-0.15, -0.1) is 16.4 Å². The van der Waals surface area contributed by atoms with E-state index in [1.54, 1.807) is 11.4 Å². The molecule has 0 fully saturated rings. The first-order valence-electron chi connectivity index (χ1n) is 6.20. The molecule has 2 heterocycles. The maximum atomic E-state index is 13.4. The number of anilines is 2. The molecule has 2 N–H and O–H groups in total. The summed E-state index contributed by atoms with van der Waals surface area (Å²) in [4.78, 5) is 16.0. The van der Waals surface area contributed by atoms with Crippen LogP contribution in [-0.2, 0) is 0 Å². The number of carbonyl (C=O) groups is 1. The number of nitrogens with one attached hydrogen (secondary N) is 2. The second kappa shape index (κ2) is 5.90. The SMILES string of the molecule is Cc1nc(-c2nnc(NC(=O)Nc3ccccc3F)o2)cs1. The molecule has 7 nitrogen and oxygen atoms in total. The Labute approximate surface area is 128 Å². The van der Waals surface area contributed by atoms with E-state index in [1.807, 2.05) is 6.92 Å². The summed E-state index contributed by atoms with van der Waals surface area (Å²) >= 11 is 1.45. The van der Waals surface area contributed by atoms with Crippen molar-refractivity contribution in [2.24, 2.45) is 0 Å². The highest BCUT2D eigenvalue weighted by Crippen LogP contribution is 2.21. The standard InChI is InChI=1S/C13H10FN5O2S/c1-7-15-10(6-22-7)11-18-19-13(21-11)17-12(20)16-9-5-3-2-4-8(9)14/h2-6H,1H3,(H2,16,17,19,20). The number of nitrogens with zero attached hydrogens (tertiary/aromatic N) is 3. The van der Waals surface area contributed by atoms with Gasteiger partial charge in [-0.25, -0.2) is 14.2 Å². The second-order valence-electron chi connectivity index (χ2n) is 4.22. The number of aromatic nitrogens is 3. The number of halogens is 1. The lowest BCUT2D eigenvalue weighted by atomic mass is 10.3. The molecule has 9 heteroatoms. The Kier molecular flexibility index (Phi) is 3.79. The molecule has 0 atom stereocenters. The molecule has 0 aliphatic carbocycles. The van der Waals surface area contributed by atoms with Crippen LogP contribution in [0.25, 0.3) is 11.6 Å². The predicted octanol–water partition coefficient (Wildman–Crippen LogP) is 3.28. The lowest BCUT2D eigenvalue weighted by Crippen LogP contribution is -2.20. The lowest BCUT2D eigenvalue weighted by molar-refractivity contribution is 0.261. The number of para-hydroxylation sites is 1. The zero-order chi connectivity index (χ0) is 15.5. The van der Waals surface area contributed by atoms with Gasteiger partial charge >= 0.3 is 12.0 Å². The van der Waals surface area contributed by atoms with Gasteiger partial charge in [0.05, 0.1) is 10.7 Å². The molecule has 0 aliphatic rings. The summed E-state index contributed by atoms with van der Waals surface area (Å²) in [5.74, 6) is -0.340. The zero-order valence-corrected chi connectivity index (χ0v) is 12.1. The summed E-state index contributed by atoms with van der Waals surface area (Å²) < 4.78 is 18.7. The third kappa shape index (κ3) is 3.09. The van der Waals surface area contributed by atoms with Crippen molar-refractivity contribution in [3.8, 4) is 11.6 Å². The molecular formula is C13H10FN5O2S. The van der Waals surface area contributed by atoms with Crippen molar-refractivity contribution in [1.29, 1.82) is 0 Å². The third-order valence-electron chi connectivity index (χ3n) is 2.61. The maximum absolute atomic E-state index is 13.4. The van der Waals surface area contributed by atoms with Gasteiger partial charge in [0.1, 0.15) is 11.5 Å².